The van der Waals surface area contributed by atoms with Crippen LogP contribution < -0.4 is 0 Å². The van der Waals surface area contributed by atoms with Crippen molar-refractivity contribution in [2.45, 2.75) is 38.3 Å². The Bertz CT molecular complexity index is 488. The van der Waals surface area contributed by atoms with E-state index >= 15 is 0 Å². The van der Waals surface area contributed by atoms with E-state index in [4.69, 9.17) is 4.74 Å². The number of aryl methyl sites for hydroxylation is 1. The minimum atomic E-state index is 0.178. The molecule has 2 atom stereocenters. The lowest BCUT2D eigenvalue weighted by molar-refractivity contribution is 0.0445. The Morgan fingerprint density at radius 3 is 2.95 bits per heavy atom. The van der Waals surface area contributed by atoms with E-state index in [9.17, 15) is 4.79 Å². The van der Waals surface area contributed by atoms with Crippen LogP contribution in [0.15, 0.2) is 9.85 Å². The lowest BCUT2D eigenvalue weighted by Gasteiger charge is -2.30. The summed E-state index contributed by atoms with van der Waals surface area (Å²) in [7, 11) is 0. The molecule has 1 aromatic rings. The van der Waals surface area contributed by atoms with Gasteiger partial charge < -0.3 is 9.64 Å². The van der Waals surface area contributed by atoms with Crippen LogP contribution in [0.2, 0.25) is 0 Å². The van der Waals surface area contributed by atoms with Gasteiger partial charge in [-0.15, -0.1) is 11.3 Å². The largest absolute Gasteiger partial charge is 0.376 e. The van der Waals surface area contributed by atoms with Gasteiger partial charge in [-0.25, -0.2) is 0 Å². The normalized spacial score (nSPS) is 25.4. The number of rotatable bonds is 4. The number of ether oxygens (including phenoxy) is 1. The number of hydrogen-bond acceptors (Lipinski definition) is 4. The fourth-order valence-corrected chi connectivity index (χ4v) is 5.60. The van der Waals surface area contributed by atoms with E-state index < -0.39 is 0 Å². The Kier molecular flexibility index (Phi) is 5.30. The maximum Gasteiger partial charge on any atom is 0.264 e. The fourth-order valence-electron chi connectivity index (χ4n) is 2.88. The number of thiophene rings is 1. The van der Waals surface area contributed by atoms with Gasteiger partial charge >= 0.3 is 0 Å². The number of nitrogens with zero attached hydrogens (tertiary/aromatic N) is 1. The molecule has 2 fully saturated rings. The highest BCUT2D eigenvalue weighted by Crippen LogP contribution is 2.31. The van der Waals surface area contributed by atoms with Gasteiger partial charge in [0.2, 0.25) is 0 Å². The summed E-state index contributed by atoms with van der Waals surface area (Å²) in [6.07, 6.45) is 3.53. The van der Waals surface area contributed by atoms with Crippen molar-refractivity contribution in [1.82, 2.24) is 4.90 Å². The topological polar surface area (TPSA) is 29.5 Å². The van der Waals surface area contributed by atoms with E-state index in [-0.39, 0.29) is 12.0 Å². The molecular formula is C15H20BrNO2S2. The van der Waals surface area contributed by atoms with Gasteiger partial charge in [-0.3, -0.25) is 4.79 Å². The third-order valence-electron chi connectivity index (χ3n) is 4.10. The maximum absolute atomic E-state index is 12.9. The molecule has 2 aliphatic heterocycles. The second-order valence-electron chi connectivity index (χ2n) is 5.68. The summed E-state index contributed by atoms with van der Waals surface area (Å²) in [5.41, 5.74) is 1.14. The molecule has 0 saturated carbocycles. The molecule has 0 aliphatic carbocycles. The second-order valence-corrected chi connectivity index (χ2v) is 9.20. The first-order valence-electron chi connectivity index (χ1n) is 7.41. The van der Waals surface area contributed by atoms with E-state index in [0.717, 1.165) is 58.1 Å². The minimum Gasteiger partial charge on any atom is -0.376 e. The highest BCUT2D eigenvalue weighted by molar-refractivity contribution is 9.11. The number of hydrogen-bond donors (Lipinski definition) is 0. The zero-order chi connectivity index (χ0) is 14.8. The van der Waals surface area contributed by atoms with Gasteiger partial charge in [0, 0.05) is 24.9 Å². The number of amides is 1. The van der Waals surface area contributed by atoms with Crippen LogP contribution in [-0.2, 0) is 4.74 Å². The van der Waals surface area contributed by atoms with E-state index in [2.05, 4.69) is 20.8 Å². The van der Waals surface area contributed by atoms with Crippen molar-refractivity contribution in [3.8, 4) is 0 Å². The standard InChI is InChI=1S/C15H20BrNO2S2/c1-10-7-13(21-14(10)16)15(18)17(11-4-6-20-9-11)8-12-3-2-5-19-12/h7,11-12H,2-6,8-9H2,1H3. The van der Waals surface area contributed by atoms with E-state index in [1.807, 2.05) is 24.8 Å². The lowest BCUT2D eigenvalue weighted by atomic mass is 10.1. The maximum atomic E-state index is 12.9. The summed E-state index contributed by atoms with van der Waals surface area (Å²) in [5, 5.41) is 0. The Labute approximate surface area is 142 Å². The molecule has 3 heterocycles. The van der Waals surface area contributed by atoms with Crippen molar-refractivity contribution >= 4 is 44.9 Å². The van der Waals surface area contributed by atoms with Gasteiger partial charge in [0.1, 0.15) is 0 Å². The molecule has 116 valence electrons. The molecule has 1 aromatic heterocycles. The highest BCUT2D eigenvalue weighted by Gasteiger charge is 2.32. The lowest BCUT2D eigenvalue weighted by Crippen LogP contribution is -2.44. The third kappa shape index (κ3) is 3.66. The molecule has 0 aromatic carbocycles. The SMILES string of the molecule is Cc1cc(C(=O)N(CC2CCCO2)C2CCSC2)sc1Br. The minimum absolute atomic E-state index is 0.178. The summed E-state index contributed by atoms with van der Waals surface area (Å²) in [4.78, 5) is 15.9. The predicted octanol–water partition coefficient (Wildman–Crippen LogP) is 3.95. The van der Waals surface area contributed by atoms with Crippen molar-refractivity contribution in [3.63, 3.8) is 0 Å². The van der Waals surface area contributed by atoms with Gasteiger partial charge in [0.05, 0.1) is 14.8 Å². The van der Waals surface area contributed by atoms with E-state index in [1.165, 1.54) is 0 Å². The van der Waals surface area contributed by atoms with Crippen molar-refractivity contribution in [2.24, 2.45) is 0 Å². The van der Waals surface area contributed by atoms with Crippen molar-refractivity contribution in [1.29, 1.82) is 0 Å². The van der Waals surface area contributed by atoms with Gasteiger partial charge in [-0.2, -0.15) is 11.8 Å². The Morgan fingerprint density at radius 2 is 2.38 bits per heavy atom. The summed E-state index contributed by atoms with van der Waals surface area (Å²) in [5.74, 6) is 2.40. The average molecular weight is 390 g/mol. The number of halogens is 1. The first-order chi connectivity index (χ1) is 10.1. The Morgan fingerprint density at radius 1 is 1.52 bits per heavy atom. The van der Waals surface area contributed by atoms with Crippen LogP contribution in [0.3, 0.4) is 0 Å². The molecule has 3 nitrogen and oxygen atoms in total. The van der Waals surface area contributed by atoms with Crippen LogP contribution in [0.5, 0.6) is 0 Å². The zero-order valence-corrected chi connectivity index (χ0v) is 15.4. The molecule has 21 heavy (non-hydrogen) atoms. The summed E-state index contributed by atoms with van der Waals surface area (Å²) in [6.45, 7) is 3.63. The third-order valence-corrected chi connectivity index (χ3v) is 7.37. The van der Waals surface area contributed by atoms with Crippen molar-refractivity contribution < 1.29 is 9.53 Å². The van der Waals surface area contributed by atoms with Crippen LogP contribution in [-0.4, -0.2) is 47.6 Å². The first kappa shape index (κ1) is 15.8. The molecule has 0 spiro atoms. The zero-order valence-electron chi connectivity index (χ0n) is 12.1. The summed E-state index contributed by atoms with van der Waals surface area (Å²) in [6, 6.07) is 2.37. The number of carbonyl (C=O) groups excluding carboxylic acids is 1. The smallest absolute Gasteiger partial charge is 0.264 e. The van der Waals surface area contributed by atoms with Gasteiger partial charge in [0.15, 0.2) is 0 Å². The molecule has 2 aliphatic rings. The predicted molar refractivity (Wildman–Crippen MR) is 92.5 cm³/mol. The van der Waals surface area contributed by atoms with E-state index in [0.29, 0.717) is 6.04 Å². The molecular weight excluding hydrogens is 370 g/mol. The molecule has 0 N–H and O–H groups in total. The van der Waals surface area contributed by atoms with Gasteiger partial charge in [-0.1, -0.05) is 0 Å². The van der Waals surface area contributed by atoms with Crippen LogP contribution in [0.1, 0.15) is 34.5 Å². The molecule has 0 radical (unpaired) electrons. The van der Waals surface area contributed by atoms with Crippen molar-refractivity contribution in [2.75, 3.05) is 24.7 Å². The molecule has 1 amide bonds. The number of thioether (sulfide) groups is 1. The summed E-state index contributed by atoms with van der Waals surface area (Å²) >= 11 is 7.02. The summed E-state index contributed by atoms with van der Waals surface area (Å²) < 4.78 is 6.81. The van der Waals surface area contributed by atoms with Gasteiger partial charge in [0.25, 0.3) is 5.91 Å². The van der Waals surface area contributed by atoms with Crippen LogP contribution in [0, 0.1) is 6.92 Å². The quantitative estimate of drug-likeness (QED) is 0.780. The highest BCUT2D eigenvalue weighted by atomic mass is 79.9. The molecule has 2 saturated heterocycles. The Balaban J connectivity index is 1.77. The van der Waals surface area contributed by atoms with Gasteiger partial charge in [-0.05, 0) is 59.5 Å². The molecule has 0 bridgehead atoms. The molecule has 3 rings (SSSR count). The fraction of sp³-hybridized carbons (Fsp3) is 0.667. The van der Waals surface area contributed by atoms with Crippen LogP contribution in [0.25, 0.3) is 0 Å². The second kappa shape index (κ2) is 7.02. The monoisotopic (exact) mass is 389 g/mol. The molecule has 2 unspecified atom stereocenters. The van der Waals surface area contributed by atoms with Crippen molar-refractivity contribution in [3.05, 3.63) is 20.3 Å². The molecule has 6 heteroatoms. The van der Waals surface area contributed by atoms with Crippen LogP contribution in [0.4, 0.5) is 0 Å². The van der Waals surface area contributed by atoms with Crippen LogP contribution >= 0.6 is 39.0 Å². The first-order valence-corrected chi connectivity index (χ1v) is 10.2. The van der Waals surface area contributed by atoms with E-state index in [1.54, 1.807) is 11.3 Å². The Hall–Kier alpha value is -0.0400. The number of carbonyl (C=O) groups is 1. The average Bonchev–Trinajstić information content (AvgIpc) is 3.19.